The van der Waals surface area contributed by atoms with E-state index in [2.05, 4.69) is 5.92 Å². The first kappa shape index (κ1) is 12.3. The van der Waals surface area contributed by atoms with Crippen molar-refractivity contribution in [2.45, 2.75) is 19.3 Å². The van der Waals surface area contributed by atoms with Crippen molar-refractivity contribution in [3.8, 4) is 18.1 Å². The molecule has 0 unspecified atom stereocenters. The lowest BCUT2D eigenvalue weighted by Crippen LogP contribution is -2.00. The zero-order chi connectivity index (χ0) is 12.0. The van der Waals surface area contributed by atoms with Crippen LogP contribution in [0.25, 0.3) is 0 Å². The molecule has 0 heterocycles. The predicted octanol–water partition coefficient (Wildman–Crippen LogP) is 2.82. The Kier molecular flexibility index (Phi) is 4.53. The van der Waals surface area contributed by atoms with Crippen LogP contribution in [-0.4, -0.2) is 12.9 Å². The number of rotatable bonds is 5. The molecule has 1 rings (SSSR count). The number of halogens is 1. The van der Waals surface area contributed by atoms with Crippen molar-refractivity contribution in [3.05, 3.63) is 29.6 Å². The highest BCUT2D eigenvalue weighted by atomic mass is 19.1. The molecular weight excluding hydrogens is 207 g/mol. The van der Waals surface area contributed by atoms with E-state index < -0.39 is 5.82 Å². The summed E-state index contributed by atoms with van der Waals surface area (Å²) < 4.78 is 17.9. The van der Waals surface area contributed by atoms with Crippen molar-refractivity contribution < 1.29 is 13.9 Å². The minimum atomic E-state index is -0.470. The van der Waals surface area contributed by atoms with Gasteiger partial charge in [-0.25, -0.2) is 4.39 Å². The van der Waals surface area contributed by atoms with Crippen LogP contribution in [0, 0.1) is 18.2 Å². The number of hydrogen-bond donors (Lipinski definition) is 0. The maximum atomic E-state index is 13.1. The number of terminal acetylenes is 1. The van der Waals surface area contributed by atoms with Gasteiger partial charge in [-0.3, -0.25) is 4.79 Å². The average Bonchev–Trinajstić information content (AvgIpc) is 2.30. The summed E-state index contributed by atoms with van der Waals surface area (Å²) in [4.78, 5) is 11.7. The van der Waals surface area contributed by atoms with Crippen molar-refractivity contribution in [2.75, 3.05) is 7.11 Å². The number of hydrogen-bond acceptors (Lipinski definition) is 2. The quantitative estimate of drug-likeness (QED) is 0.433. The monoisotopic (exact) mass is 220 g/mol. The van der Waals surface area contributed by atoms with Crippen LogP contribution >= 0.6 is 0 Å². The Morgan fingerprint density at radius 3 is 2.94 bits per heavy atom. The molecule has 0 amide bonds. The number of Topliss-reactive ketones (excluding diaryl/α,β-unsaturated/α-hetero) is 1. The van der Waals surface area contributed by atoms with Crippen LogP contribution in [0.4, 0.5) is 4.39 Å². The van der Waals surface area contributed by atoms with Gasteiger partial charge < -0.3 is 4.74 Å². The fourth-order valence-electron chi connectivity index (χ4n) is 1.33. The SMILES string of the molecule is C#CCCCC(=O)c1ccc(F)c(OC)c1. The summed E-state index contributed by atoms with van der Waals surface area (Å²) in [7, 11) is 1.37. The smallest absolute Gasteiger partial charge is 0.165 e. The normalized spacial score (nSPS) is 9.56. The van der Waals surface area contributed by atoms with Crippen molar-refractivity contribution in [1.29, 1.82) is 0 Å². The highest BCUT2D eigenvalue weighted by Gasteiger charge is 2.09. The first-order chi connectivity index (χ1) is 7.69. The largest absolute Gasteiger partial charge is 0.494 e. The van der Waals surface area contributed by atoms with E-state index in [4.69, 9.17) is 11.2 Å². The molecule has 0 aliphatic heterocycles. The highest BCUT2D eigenvalue weighted by Crippen LogP contribution is 2.19. The van der Waals surface area contributed by atoms with Gasteiger partial charge in [-0.1, -0.05) is 0 Å². The van der Waals surface area contributed by atoms with E-state index in [1.54, 1.807) is 0 Å². The molecule has 0 atom stereocenters. The third-order valence-electron chi connectivity index (χ3n) is 2.20. The first-order valence-corrected chi connectivity index (χ1v) is 4.99. The molecule has 0 N–H and O–H groups in total. The van der Waals surface area contributed by atoms with Crippen LogP contribution in [0.15, 0.2) is 18.2 Å². The maximum absolute atomic E-state index is 13.1. The van der Waals surface area contributed by atoms with E-state index in [1.165, 1.54) is 25.3 Å². The lowest BCUT2D eigenvalue weighted by Gasteiger charge is -2.04. The van der Waals surface area contributed by atoms with Gasteiger partial charge in [0.2, 0.25) is 0 Å². The Hall–Kier alpha value is -1.82. The molecule has 0 saturated carbocycles. The Bertz CT molecular complexity index is 418. The molecular formula is C13H13FO2. The standard InChI is InChI=1S/C13H13FO2/c1-3-4-5-6-12(15)10-7-8-11(14)13(9-10)16-2/h1,7-9H,4-6H2,2H3. The van der Waals surface area contributed by atoms with E-state index in [0.717, 1.165) is 0 Å². The highest BCUT2D eigenvalue weighted by molar-refractivity contribution is 5.96. The molecule has 1 aromatic carbocycles. The van der Waals surface area contributed by atoms with Crippen LogP contribution in [0.3, 0.4) is 0 Å². The lowest BCUT2D eigenvalue weighted by atomic mass is 10.1. The molecule has 3 heteroatoms. The van der Waals surface area contributed by atoms with Gasteiger partial charge in [0, 0.05) is 18.4 Å². The van der Waals surface area contributed by atoms with E-state index in [0.29, 0.717) is 24.8 Å². The van der Waals surface area contributed by atoms with E-state index in [-0.39, 0.29) is 11.5 Å². The van der Waals surface area contributed by atoms with Crippen LogP contribution in [0.5, 0.6) is 5.75 Å². The lowest BCUT2D eigenvalue weighted by molar-refractivity contribution is 0.0980. The van der Waals surface area contributed by atoms with Gasteiger partial charge in [-0.05, 0) is 24.6 Å². The topological polar surface area (TPSA) is 26.3 Å². The molecule has 0 saturated heterocycles. The average molecular weight is 220 g/mol. The Labute approximate surface area is 94.4 Å². The number of ketones is 1. The number of unbranched alkanes of at least 4 members (excludes halogenated alkanes) is 1. The van der Waals surface area contributed by atoms with Crippen molar-refractivity contribution in [2.24, 2.45) is 0 Å². The van der Waals surface area contributed by atoms with Crippen molar-refractivity contribution >= 4 is 5.78 Å². The van der Waals surface area contributed by atoms with E-state index >= 15 is 0 Å². The summed E-state index contributed by atoms with van der Waals surface area (Å²) in [6.45, 7) is 0. The first-order valence-electron chi connectivity index (χ1n) is 4.99. The molecule has 2 nitrogen and oxygen atoms in total. The molecule has 16 heavy (non-hydrogen) atoms. The summed E-state index contributed by atoms with van der Waals surface area (Å²) >= 11 is 0. The fourth-order valence-corrected chi connectivity index (χ4v) is 1.33. The second-order valence-corrected chi connectivity index (χ2v) is 3.33. The van der Waals surface area contributed by atoms with Gasteiger partial charge in [-0.2, -0.15) is 0 Å². The molecule has 0 fully saturated rings. The maximum Gasteiger partial charge on any atom is 0.165 e. The molecule has 84 valence electrons. The van der Waals surface area contributed by atoms with Gasteiger partial charge in [0.05, 0.1) is 7.11 Å². The summed E-state index contributed by atoms with van der Waals surface area (Å²) in [5, 5.41) is 0. The van der Waals surface area contributed by atoms with E-state index in [1.807, 2.05) is 0 Å². The minimum absolute atomic E-state index is 0.0476. The zero-order valence-electron chi connectivity index (χ0n) is 9.13. The number of ether oxygens (including phenoxy) is 1. The molecule has 0 radical (unpaired) electrons. The number of methoxy groups -OCH3 is 1. The number of carbonyl (C=O) groups is 1. The summed E-state index contributed by atoms with van der Waals surface area (Å²) in [5.74, 6) is 2.04. The van der Waals surface area contributed by atoms with Gasteiger partial charge in [0.1, 0.15) is 0 Å². The second-order valence-electron chi connectivity index (χ2n) is 3.33. The summed E-state index contributed by atoms with van der Waals surface area (Å²) in [6, 6.07) is 4.09. The Morgan fingerprint density at radius 2 is 2.31 bits per heavy atom. The van der Waals surface area contributed by atoms with Gasteiger partial charge in [0.25, 0.3) is 0 Å². The van der Waals surface area contributed by atoms with Crippen LogP contribution < -0.4 is 4.74 Å². The van der Waals surface area contributed by atoms with Crippen LogP contribution in [0.2, 0.25) is 0 Å². The van der Waals surface area contributed by atoms with Gasteiger partial charge in [0.15, 0.2) is 17.3 Å². The molecule has 0 aliphatic carbocycles. The molecule has 0 spiro atoms. The van der Waals surface area contributed by atoms with Gasteiger partial charge in [-0.15, -0.1) is 12.3 Å². The minimum Gasteiger partial charge on any atom is -0.494 e. The van der Waals surface area contributed by atoms with Gasteiger partial charge >= 0.3 is 0 Å². The zero-order valence-corrected chi connectivity index (χ0v) is 9.13. The third kappa shape index (κ3) is 3.09. The fraction of sp³-hybridized carbons (Fsp3) is 0.308. The molecule has 0 aliphatic rings. The van der Waals surface area contributed by atoms with Crippen molar-refractivity contribution in [3.63, 3.8) is 0 Å². The predicted molar refractivity (Wildman–Crippen MR) is 60.0 cm³/mol. The molecule has 0 bridgehead atoms. The Balaban J connectivity index is 2.73. The second kappa shape index (κ2) is 5.92. The van der Waals surface area contributed by atoms with Crippen LogP contribution in [-0.2, 0) is 0 Å². The van der Waals surface area contributed by atoms with Crippen molar-refractivity contribution in [1.82, 2.24) is 0 Å². The van der Waals surface area contributed by atoms with Crippen LogP contribution in [0.1, 0.15) is 29.6 Å². The Morgan fingerprint density at radius 1 is 1.56 bits per heavy atom. The number of carbonyl (C=O) groups excluding carboxylic acids is 1. The molecule has 1 aromatic rings. The third-order valence-corrected chi connectivity index (χ3v) is 2.20. The van der Waals surface area contributed by atoms with E-state index in [9.17, 15) is 9.18 Å². The number of benzene rings is 1. The molecule has 0 aromatic heterocycles. The summed E-state index contributed by atoms with van der Waals surface area (Å²) in [5.41, 5.74) is 0.454. The summed E-state index contributed by atoms with van der Waals surface area (Å²) in [6.07, 6.45) is 6.68.